The summed E-state index contributed by atoms with van der Waals surface area (Å²) in [6, 6.07) is 11.9. The van der Waals surface area contributed by atoms with E-state index in [0.717, 1.165) is 5.56 Å². The summed E-state index contributed by atoms with van der Waals surface area (Å²) in [5, 5.41) is 0.686. The lowest BCUT2D eigenvalue weighted by Crippen LogP contribution is -2.04. The number of halogens is 1. The SMILES string of the molecule is Cc1ccc(S(=O)(=O)c2cc3cccnc3nc2Br)cc1. The summed E-state index contributed by atoms with van der Waals surface area (Å²) in [6.45, 7) is 1.91. The molecule has 0 saturated heterocycles. The molecule has 0 amide bonds. The molecule has 0 radical (unpaired) electrons. The summed E-state index contributed by atoms with van der Waals surface area (Å²) in [6.07, 6.45) is 1.62. The summed E-state index contributed by atoms with van der Waals surface area (Å²) in [5.74, 6) is 0. The van der Waals surface area contributed by atoms with Crippen LogP contribution in [0.3, 0.4) is 0 Å². The van der Waals surface area contributed by atoms with E-state index >= 15 is 0 Å². The lowest BCUT2D eigenvalue weighted by Gasteiger charge is -2.08. The number of hydrogen-bond acceptors (Lipinski definition) is 4. The maximum absolute atomic E-state index is 12.7. The molecule has 0 saturated carbocycles. The molecule has 0 spiro atoms. The van der Waals surface area contributed by atoms with Crippen LogP contribution in [0.15, 0.2) is 63.1 Å². The van der Waals surface area contributed by atoms with E-state index in [2.05, 4.69) is 25.9 Å². The smallest absolute Gasteiger partial charge is 0.209 e. The highest BCUT2D eigenvalue weighted by Gasteiger charge is 2.22. The highest BCUT2D eigenvalue weighted by molar-refractivity contribution is 9.10. The number of fused-ring (bicyclic) bond motifs is 1. The van der Waals surface area contributed by atoms with Crippen LogP contribution in [-0.4, -0.2) is 18.4 Å². The fourth-order valence-corrected chi connectivity index (χ4v) is 4.22. The minimum absolute atomic E-state index is 0.145. The highest BCUT2D eigenvalue weighted by atomic mass is 79.9. The number of aryl methyl sites for hydroxylation is 1. The lowest BCUT2D eigenvalue weighted by atomic mass is 10.2. The second-order valence-corrected chi connectivity index (χ2v) is 7.31. The van der Waals surface area contributed by atoms with E-state index in [9.17, 15) is 8.42 Å². The first-order valence-corrected chi connectivity index (χ1v) is 8.49. The predicted molar refractivity (Wildman–Crippen MR) is 83.9 cm³/mol. The number of nitrogens with zero attached hydrogens (tertiary/aromatic N) is 2. The van der Waals surface area contributed by atoms with Crippen LogP contribution in [-0.2, 0) is 9.84 Å². The molecule has 106 valence electrons. The van der Waals surface area contributed by atoms with E-state index < -0.39 is 9.84 Å². The lowest BCUT2D eigenvalue weighted by molar-refractivity contribution is 0.595. The van der Waals surface area contributed by atoms with Gasteiger partial charge in [0.05, 0.1) is 4.90 Å². The molecule has 0 aliphatic rings. The Kier molecular flexibility index (Phi) is 3.51. The molecule has 2 heterocycles. The molecular formula is C15H11BrN2O2S. The molecule has 0 aliphatic carbocycles. The van der Waals surface area contributed by atoms with Crippen molar-refractivity contribution in [1.29, 1.82) is 0 Å². The molecule has 3 aromatic rings. The van der Waals surface area contributed by atoms with E-state index in [4.69, 9.17) is 0 Å². The molecule has 4 nitrogen and oxygen atoms in total. The van der Waals surface area contributed by atoms with Crippen LogP contribution < -0.4 is 0 Å². The fourth-order valence-electron chi connectivity index (χ4n) is 2.00. The molecule has 2 aromatic heterocycles. The predicted octanol–water partition coefficient (Wildman–Crippen LogP) is 3.53. The molecule has 3 rings (SSSR count). The monoisotopic (exact) mass is 362 g/mol. The van der Waals surface area contributed by atoms with Gasteiger partial charge in [0.25, 0.3) is 0 Å². The average molecular weight is 363 g/mol. The Morgan fingerprint density at radius 3 is 2.52 bits per heavy atom. The van der Waals surface area contributed by atoms with E-state index in [-0.39, 0.29) is 14.4 Å². The third-order valence-electron chi connectivity index (χ3n) is 3.13. The minimum atomic E-state index is -3.62. The third-order valence-corrected chi connectivity index (χ3v) is 5.78. The van der Waals surface area contributed by atoms with Crippen LogP contribution >= 0.6 is 15.9 Å². The Balaban J connectivity index is 2.23. The molecule has 6 heteroatoms. The molecule has 0 atom stereocenters. The Hall–Kier alpha value is -1.79. The molecule has 0 N–H and O–H groups in total. The maximum Gasteiger partial charge on any atom is 0.209 e. The molecule has 0 unspecified atom stereocenters. The zero-order chi connectivity index (χ0) is 15.0. The van der Waals surface area contributed by atoms with E-state index in [1.165, 1.54) is 0 Å². The average Bonchev–Trinajstić information content (AvgIpc) is 2.47. The molecule has 21 heavy (non-hydrogen) atoms. The van der Waals surface area contributed by atoms with Gasteiger partial charge in [0.15, 0.2) is 5.65 Å². The van der Waals surface area contributed by atoms with Crippen LogP contribution in [0.5, 0.6) is 0 Å². The van der Waals surface area contributed by atoms with Crippen molar-refractivity contribution in [2.75, 3.05) is 0 Å². The number of aromatic nitrogens is 2. The number of pyridine rings is 2. The van der Waals surface area contributed by atoms with Crippen molar-refractivity contribution in [3.05, 3.63) is 58.8 Å². The van der Waals surface area contributed by atoms with Crippen molar-refractivity contribution in [1.82, 2.24) is 9.97 Å². The van der Waals surface area contributed by atoms with Crippen molar-refractivity contribution in [2.24, 2.45) is 0 Å². The van der Waals surface area contributed by atoms with Gasteiger partial charge in [-0.2, -0.15) is 0 Å². The number of hydrogen-bond donors (Lipinski definition) is 0. The van der Waals surface area contributed by atoms with Gasteiger partial charge in [0, 0.05) is 11.6 Å². The highest BCUT2D eigenvalue weighted by Crippen LogP contribution is 2.29. The van der Waals surface area contributed by atoms with Gasteiger partial charge in [-0.15, -0.1) is 0 Å². The van der Waals surface area contributed by atoms with Gasteiger partial charge in [0.2, 0.25) is 9.84 Å². The summed E-state index contributed by atoms with van der Waals surface area (Å²) < 4.78 is 25.7. The molecule has 1 aromatic carbocycles. The summed E-state index contributed by atoms with van der Waals surface area (Å²) in [7, 11) is -3.62. The molecule has 0 aliphatic heterocycles. The van der Waals surface area contributed by atoms with Crippen LogP contribution in [0, 0.1) is 6.92 Å². The van der Waals surface area contributed by atoms with E-state index in [1.807, 2.05) is 6.92 Å². The van der Waals surface area contributed by atoms with E-state index in [1.54, 1.807) is 48.7 Å². The summed E-state index contributed by atoms with van der Waals surface area (Å²) in [5.41, 5.74) is 1.51. The zero-order valence-corrected chi connectivity index (χ0v) is 13.5. The third kappa shape index (κ3) is 2.56. The zero-order valence-electron chi connectivity index (χ0n) is 11.1. The van der Waals surface area contributed by atoms with Gasteiger partial charge in [-0.3, -0.25) is 0 Å². The summed E-state index contributed by atoms with van der Waals surface area (Å²) in [4.78, 5) is 8.72. The van der Waals surface area contributed by atoms with Crippen LogP contribution in [0.1, 0.15) is 5.56 Å². The van der Waals surface area contributed by atoms with Crippen molar-refractivity contribution >= 4 is 36.8 Å². The number of benzene rings is 1. The number of rotatable bonds is 2. The quantitative estimate of drug-likeness (QED) is 0.654. The van der Waals surface area contributed by atoms with Crippen LogP contribution in [0.4, 0.5) is 0 Å². The van der Waals surface area contributed by atoms with Crippen molar-refractivity contribution in [3.8, 4) is 0 Å². The van der Waals surface area contributed by atoms with Crippen molar-refractivity contribution in [3.63, 3.8) is 0 Å². The molecular weight excluding hydrogens is 352 g/mol. The van der Waals surface area contributed by atoms with Gasteiger partial charge in [-0.25, -0.2) is 18.4 Å². The van der Waals surface area contributed by atoms with Crippen LogP contribution in [0.2, 0.25) is 0 Å². The largest absolute Gasteiger partial charge is 0.237 e. The topological polar surface area (TPSA) is 59.9 Å². The first kappa shape index (κ1) is 14.2. The Bertz CT molecular complexity index is 922. The maximum atomic E-state index is 12.7. The van der Waals surface area contributed by atoms with Crippen LogP contribution in [0.25, 0.3) is 11.0 Å². The number of sulfone groups is 1. The van der Waals surface area contributed by atoms with Gasteiger partial charge in [0.1, 0.15) is 9.50 Å². The molecule has 0 bridgehead atoms. The van der Waals surface area contributed by atoms with Gasteiger partial charge in [-0.1, -0.05) is 17.7 Å². The molecule has 0 fully saturated rings. The first-order chi connectivity index (χ1) is 9.98. The normalized spacial score (nSPS) is 11.7. The Labute approximate surface area is 130 Å². The van der Waals surface area contributed by atoms with Gasteiger partial charge in [-0.05, 0) is 53.2 Å². The minimum Gasteiger partial charge on any atom is -0.237 e. The Morgan fingerprint density at radius 1 is 1.10 bits per heavy atom. The van der Waals surface area contributed by atoms with E-state index in [0.29, 0.717) is 11.0 Å². The van der Waals surface area contributed by atoms with Crippen molar-refractivity contribution in [2.45, 2.75) is 16.7 Å². The van der Waals surface area contributed by atoms with Gasteiger partial charge >= 0.3 is 0 Å². The first-order valence-electron chi connectivity index (χ1n) is 6.21. The van der Waals surface area contributed by atoms with Crippen molar-refractivity contribution < 1.29 is 8.42 Å². The summed E-state index contributed by atoms with van der Waals surface area (Å²) >= 11 is 3.23. The Morgan fingerprint density at radius 2 is 1.81 bits per heavy atom. The second kappa shape index (κ2) is 5.20. The standard InChI is InChI=1S/C15H11BrN2O2S/c1-10-4-6-12(7-5-10)21(19,20)13-9-11-3-2-8-17-15(11)18-14(13)16/h2-9H,1H3. The van der Waals surface area contributed by atoms with Gasteiger partial charge < -0.3 is 0 Å². The fraction of sp³-hybridized carbons (Fsp3) is 0.0667. The second-order valence-electron chi connectivity index (χ2n) is 4.64.